The Labute approximate surface area is 275 Å². The third-order valence-corrected chi connectivity index (χ3v) is 8.31. The number of carboxylic acid groups (broad SMARTS) is 1. The Morgan fingerprint density at radius 2 is 1.70 bits per heavy atom. The second-order valence-corrected chi connectivity index (χ2v) is 11.8. The zero-order valence-corrected chi connectivity index (χ0v) is 26.3. The van der Waals surface area contributed by atoms with Crippen LogP contribution in [0.15, 0.2) is 91.1 Å². The molecule has 0 bridgehead atoms. The third kappa shape index (κ3) is 6.35. The van der Waals surface area contributed by atoms with Gasteiger partial charge in [-0.3, -0.25) is 9.59 Å². The maximum absolute atomic E-state index is 14.7. The van der Waals surface area contributed by atoms with Crippen LogP contribution in [0.25, 0.3) is 16.8 Å². The quantitative estimate of drug-likeness (QED) is 0.215. The van der Waals surface area contributed by atoms with Gasteiger partial charge in [0.25, 0.3) is 11.8 Å². The fraction of sp³-hybridized carbons (Fsp3) is 0.171. The van der Waals surface area contributed by atoms with Crippen molar-refractivity contribution in [3.63, 3.8) is 0 Å². The number of nitrogens with zero attached hydrogens (tertiary/aromatic N) is 5. The average Bonchev–Trinajstić information content (AvgIpc) is 3.55. The van der Waals surface area contributed by atoms with Crippen LogP contribution in [0.1, 0.15) is 43.6 Å². The van der Waals surface area contributed by atoms with Crippen molar-refractivity contribution in [3.05, 3.63) is 130 Å². The van der Waals surface area contributed by atoms with Crippen LogP contribution in [0.3, 0.4) is 0 Å². The number of nitrogens with one attached hydrogen (secondary N) is 1. The lowest BCUT2D eigenvalue weighted by atomic mass is 9.84. The first-order chi connectivity index (χ1) is 22.6. The van der Waals surface area contributed by atoms with Crippen LogP contribution in [-0.4, -0.2) is 68.3 Å². The highest BCUT2D eigenvalue weighted by atomic mass is 35.5. The number of rotatable bonds is 8. The predicted molar refractivity (Wildman–Crippen MR) is 175 cm³/mol. The van der Waals surface area contributed by atoms with Gasteiger partial charge in [0.1, 0.15) is 11.7 Å². The zero-order valence-electron chi connectivity index (χ0n) is 25.5. The van der Waals surface area contributed by atoms with Crippen LogP contribution in [0, 0.1) is 5.82 Å². The molecule has 12 heteroatoms. The van der Waals surface area contributed by atoms with Crippen molar-refractivity contribution in [2.75, 3.05) is 26.0 Å². The van der Waals surface area contributed by atoms with E-state index in [9.17, 15) is 23.9 Å². The van der Waals surface area contributed by atoms with Gasteiger partial charge in [0, 0.05) is 18.8 Å². The summed E-state index contributed by atoms with van der Waals surface area (Å²) in [5.41, 5.74) is 5.09. The van der Waals surface area contributed by atoms with Crippen molar-refractivity contribution in [1.29, 1.82) is 0 Å². The molecule has 0 spiro atoms. The normalized spacial score (nSPS) is 14.1. The summed E-state index contributed by atoms with van der Waals surface area (Å²) in [6, 6.07) is 23.0. The standard InChI is InChI=1S/C35H30ClFN6O4/c1-41(2)19-22-7-3-4-8-24(22)25-9-5-10-27-26(25)17-18-42(32(27)33(44)38-23-15-13-21(14-16-23)35(46)47)34(45)29-20-43(40-39-29)30-12-6-11-28(36)31(30)37/h3-16,20,32H,17-19H2,1-2H3,(H,38,44)(H,46,47). The van der Waals surface area contributed by atoms with E-state index in [0.717, 1.165) is 26.9 Å². The summed E-state index contributed by atoms with van der Waals surface area (Å²) in [6.45, 7) is 0.900. The summed E-state index contributed by atoms with van der Waals surface area (Å²) in [4.78, 5) is 43.1. The van der Waals surface area contributed by atoms with Crippen molar-refractivity contribution in [2.45, 2.75) is 19.0 Å². The number of amides is 2. The Bertz CT molecular complexity index is 1990. The molecule has 1 atom stereocenters. The first-order valence-electron chi connectivity index (χ1n) is 14.8. The van der Waals surface area contributed by atoms with E-state index in [1.165, 1.54) is 47.5 Å². The molecule has 2 N–H and O–H groups in total. The van der Waals surface area contributed by atoms with Crippen LogP contribution >= 0.6 is 11.6 Å². The Balaban J connectivity index is 1.40. The molecule has 6 rings (SSSR count). The van der Waals surface area contributed by atoms with Crippen molar-refractivity contribution in [2.24, 2.45) is 0 Å². The molecule has 1 aromatic heterocycles. The van der Waals surface area contributed by atoms with Gasteiger partial charge in [0.15, 0.2) is 11.5 Å². The van der Waals surface area contributed by atoms with E-state index in [0.29, 0.717) is 24.2 Å². The molecule has 4 aromatic carbocycles. The molecular weight excluding hydrogens is 623 g/mol. The average molecular weight is 653 g/mol. The molecule has 1 unspecified atom stereocenters. The van der Waals surface area contributed by atoms with Gasteiger partial charge >= 0.3 is 5.97 Å². The van der Waals surface area contributed by atoms with Crippen LogP contribution in [0.4, 0.5) is 10.1 Å². The van der Waals surface area contributed by atoms with Gasteiger partial charge in [-0.05, 0) is 84.7 Å². The molecule has 0 aliphatic carbocycles. The molecular formula is C35H30ClFN6O4. The van der Waals surface area contributed by atoms with Crippen LogP contribution in [-0.2, 0) is 17.8 Å². The molecule has 0 radical (unpaired) electrons. The van der Waals surface area contributed by atoms with Crippen LogP contribution in [0.2, 0.25) is 5.02 Å². The fourth-order valence-corrected chi connectivity index (χ4v) is 6.06. The number of fused-ring (bicyclic) bond motifs is 1. The number of aromatic nitrogens is 3. The predicted octanol–water partition coefficient (Wildman–Crippen LogP) is 5.86. The van der Waals surface area contributed by atoms with Crippen molar-refractivity contribution in [3.8, 4) is 16.8 Å². The van der Waals surface area contributed by atoms with E-state index in [1.807, 2.05) is 44.4 Å². The highest BCUT2D eigenvalue weighted by Crippen LogP contribution is 2.38. The second kappa shape index (κ2) is 13.1. The molecule has 238 valence electrons. The van der Waals surface area contributed by atoms with Gasteiger partial charge in [-0.25, -0.2) is 13.9 Å². The number of benzene rings is 4. The lowest BCUT2D eigenvalue weighted by Crippen LogP contribution is -2.45. The smallest absolute Gasteiger partial charge is 0.335 e. The summed E-state index contributed by atoms with van der Waals surface area (Å²) >= 11 is 5.95. The number of hydrogen-bond acceptors (Lipinski definition) is 6. The Hall–Kier alpha value is -5.39. The third-order valence-electron chi connectivity index (χ3n) is 8.01. The molecule has 5 aromatic rings. The number of aromatic carboxylic acids is 1. The molecule has 1 aliphatic heterocycles. The highest BCUT2D eigenvalue weighted by Gasteiger charge is 2.38. The molecule has 1 aliphatic rings. The topological polar surface area (TPSA) is 121 Å². The highest BCUT2D eigenvalue weighted by molar-refractivity contribution is 6.30. The summed E-state index contributed by atoms with van der Waals surface area (Å²) in [5, 5.41) is 20.0. The van der Waals surface area contributed by atoms with Gasteiger partial charge < -0.3 is 20.2 Å². The van der Waals surface area contributed by atoms with Gasteiger partial charge in [-0.2, -0.15) is 0 Å². The Kier molecular flexibility index (Phi) is 8.84. The lowest BCUT2D eigenvalue weighted by molar-refractivity contribution is -0.121. The van der Waals surface area contributed by atoms with Gasteiger partial charge in [0.05, 0.1) is 16.8 Å². The fourth-order valence-electron chi connectivity index (χ4n) is 5.89. The number of carboxylic acids is 1. The number of anilines is 1. The first kappa shape index (κ1) is 31.6. The molecule has 10 nitrogen and oxygen atoms in total. The minimum atomic E-state index is -1.09. The Morgan fingerprint density at radius 3 is 2.45 bits per heavy atom. The molecule has 0 saturated heterocycles. The maximum atomic E-state index is 14.7. The van der Waals surface area contributed by atoms with E-state index in [4.69, 9.17) is 11.6 Å². The van der Waals surface area contributed by atoms with E-state index in [2.05, 4.69) is 32.7 Å². The van der Waals surface area contributed by atoms with Gasteiger partial charge in [0.2, 0.25) is 0 Å². The second-order valence-electron chi connectivity index (χ2n) is 11.4. The minimum absolute atomic E-state index is 0.0215. The van der Waals surface area contributed by atoms with Crippen molar-refractivity contribution in [1.82, 2.24) is 24.8 Å². The number of carbonyl (C=O) groups excluding carboxylic acids is 2. The van der Waals surface area contributed by atoms with Gasteiger partial charge in [-0.1, -0.05) is 65.3 Å². The van der Waals surface area contributed by atoms with E-state index >= 15 is 0 Å². The summed E-state index contributed by atoms with van der Waals surface area (Å²) in [7, 11) is 4.00. The van der Waals surface area contributed by atoms with E-state index in [1.54, 1.807) is 6.07 Å². The first-order valence-corrected chi connectivity index (χ1v) is 15.2. The summed E-state index contributed by atoms with van der Waals surface area (Å²) < 4.78 is 15.9. The molecule has 0 saturated carbocycles. The molecule has 2 heterocycles. The van der Waals surface area contributed by atoms with Gasteiger partial charge in [-0.15, -0.1) is 5.10 Å². The maximum Gasteiger partial charge on any atom is 0.335 e. The molecule has 2 amide bonds. The largest absolute Gasteiger partial charge is 0.478 e. The summed E-state index contributed by atoms with van der Waals surface area (Å²) in [6.07, 6.45) is 1.77. The van der Waals surface area contributed by atoms with Crippen molar-refractivity contribution >= 4 is 35.1 Å². The van der Waals surface area contributed by atoms with E-state index in [-0.39, 0.29) is 28.5 Å². The van der Waals surface area contributed by atoms with Crippen LogP contribution in [0.5, 0.6) is 0 Å². The zero-order chi connectivity index (χ0) is 33.2. The Morgan fingerprint density at radius 1 is 0.979 bits per heavy atom. The lowest BCUT2D eigenvalue weighted by Gasteiger charge is -2.37. The number of hydrogen-bond donors (Lipinski definition) is 2. The minimum Gasteiger partial charge on any atom is -0.478 e. The van der Waals surface area contributed by atoms with E-state index < -0.39 is 29.6 Å². The number of halogens is 2. The van der Waals surface area contributed by atoms with Crippen LogP contribution < -0.4 is 5.32 Å². The molecule has 0 fully saturated rings. The monoisotopic (exact) mass is 652 g/mol. The SMILES string of the molecule is CN(C)Cc1ccccc1-c1cccc2c1CCN(C(=O)c1cn(-c3cccc(Cl)c3F)nn1)C2C(=O)Nc1ccc(C(=O)O)cc1. The summed E-state index contributed by atoms with van der Waals surface area (Å²) in [5.74, 6) is -2.86. The molecule has 47 heavy (non-hydrogen) atoms. The van der Waals surface area contributed by atoms with Crippen molar-refractivity contribution < 1.29 is 23.9 Å². The number of carbonyl (C=O) groups is 3.